The maximum absolute atomic E-state index is 11.9. The van der Waals surface area contributed by atoms with Gasteiger partial charge in [-0.2, -0.15) is 0 Å². The van der Waals surface area contributed by atoms with Crippen LogP contribution in [-0.2, 0) is 0 Å². The molecule has 0 aliphatic carbocycles. The fourth-order valence-corrected chi connectivity index (χ4v) is 1.34. The molecule has 1 heterocycles. The number of aryl methyl sites for hydroxylation is 1. The molecule has 5 nitrogen and oxygen atoms in total. The summed E-state index contributed by atoms with van der Waals surface area (Å²) in [6.07, 6.45) is 3.09. The van der Waals surface area contributed by atoms with Crippen LogP contribution in [0.4, 0.5) is 11.5 Å². The third kappa shape index (κ3) is 2.57. The van der Waals surface area contributed by atoms with Crippen LogP contribution in [0.1, 0.15) is 16.1 Å². The molecular weight excluding hydrogens is 216 g/mol. The van der Waals surface area contributed by atoms with Crippen molar-refractivity contribution >= 4 is 17.4 Å². The highest BCUT2D eigenvalue weighted by Gasteiger charge is 2.09. The van der Waals surface area contributed by atoms with Crippen LogP contribution >= 0.6 is 0 Å². The number of nitrogens with two attached hydrogens (primary N) is 1. The number of para-hydroxylation sites is 1. The summed E-state index contributed by atoms with van der Waals surface area (Å²) in [5.41, 5.74) is 7.36. The summed E-state index contributed by atoms with van der Waals surface area (Å²) in [5.74, 6) is 0.116. The van der Waals surface area contributed by atoms with Crippen molar-refractivity contribution in [3.05, 3.63) is 47.9 Å². The number of nitrogens with one attached hydrogen (secondary N) is 1. The second-order valence-corrected chi connectivity index (χ2v) is 3.58. The summed E-state index contributed by atoms with van der Waals surface area (Å²) in [6.45, 7) is 1.83. The van der Waals surface area contributed by atoms with E-state index in [0.29, 0.717) is 17.1 Å². The zero-order valence-electron chi connectivity index (χ0n) is 9.34. The van der Waals surface area contributed by atoms with Gasteiger partial charge < -0.3 is 11.1 Å². The molecule has 0 atom stereocenters. The monoisotopic (exact) mass is 228 g/mol. The molecule has 17 heavy (non-hydrogen) atoms. The van der Waals surface area contributed by atoms with Gasteiger partial charge in [0.1, 0.15) is 0 Å². The predicted molar refractivity (Wildman–Crippen MR) is 65.6 cm³/mol. The lowest BCUT2D eigenvalue weighted by Gasteiger charge is -2.06. The average molecular weight is 228 g/mol. The minimum absolute atomic E-state index is 0.291. The van der Waals surface area contributed by atoms with E-state index in [4.69, 9.17) is 5.73 Å². The van der Waals surface area contributed by atoms with Crippen molar-refractivity contribution in [3.63, 3.8) is 0 Å². The molecule has 0 bridgehead atoms. The Bertz CT molecular complexity index is 536. The zero-order valence-corrected chi connectivity index (χ0v) is 9.34. The Labute approximate surface area is 98.7 Å². The molecule has 1 amide bonds. The van der Waals surface area contributed by atoms with E-state index in [9.17, 15) is 4.79 Å². The third-order valence-corrected chi connectivity index (χ3v) is 2.23. The topological polar surface area (TPSA) is 80.9 Å². The van der Waals surface area contributed by atoms with Gasteiger partial charge in [0.05, 0.1) is 23.7 Å². The van der Waals surface area contributed by atoms with E-state index in [1.807, 2.05) is 6.92 Å². The van der Waals surface area contributed by atoms with Gasteiger partial charge in [-0.25, -0.2) is 4.98 Å². The Morgan fingerprint density at radius 2 is 2.00 bits per heavy atom. The molecule has 0 saturated carbocycles. The van der Waals surface area contributed by atoms with Gasteiger partial charge in [-0.15, -0.1) is 0 Å². The number of nitrogen functional groups attached to an aromatic ring is 1. The number of amides is 1. The number of aromatic nitrogens is 2. The van der Waals surface area contributed by atoms with E-state index in [-0.39, 0.29) is 5.91 Å². The first kappa shape index (κ1) is 11.1. The van der Waals surface area contributed by atoms with Crippen LogP contribution in [0.5, 0.6) is 0 Å². The normalized spacial score (nSPS) is 9.94. The van der Waals surface area contributed by atoms with Gasteiger partial charge in [0.25, 0.3) is 5.91 Å². The van der Waals surface area contributed by atoms with Crippen LogP contribution in [0, 0.1) is 6.92 Å². The lowest BCUT2D eigenvalue weighted by Crippen LogP contribution is -2.15. The number of rotatable bonds is 2. The number of nitrogens with zero attached hydrogens (tertiary/aromatic N) is 2. The molecule has 0 unspecified atom stereocenters. The van der Waals surface area contributed by atoms with Gasteiger partial charge in [-0.05, 0) is 19.1 Å². The minimum atomic E-state index is -0.291. The molecule has 0 radical (unpaired) electrons. The highest BCUT2D eigenvalue weighted by atomic mass is 16.1. The van der Waals surface area contributed by atoms with E-state index in [2.05, 4.69) is 15.3 Å². The molecule has 5 heteroatoms. The fourth-order valence-electron chi connectivity index (χ4n) is 1.34. The summed E-state index contributed by atoms with van der Waals surface area (Å²) >= 11 is 0. The van der Waals surface area contributed by atoms with Gasteiger partial charge in [-0.3, -0.25) is 9.78 Å². The van der Waals surface area contributed by atoms with Crippen molar-refractivity contribution in [1.29, 1.82) is 0 Å². The maximum Gasteiger partial charge on any atom is 0.258 e. The van der Waals surface area contributed by atoms with Crippen LogP contribution in [0.2, 0.25) is 0 Å². The van der Waals surface area contributed by atoms with Crippen molar-refractivity contribution in [2.24, 2.45) is 0 Å². The number of carbonyl (C=O) groups is 1. The summed E-state index contributed by atoms with van der Waals surface area (Å²) in [7, 11) is 0. The smallest absolute Gasteiger partial charge is 0.258 e. The molecule has 86 valence electrons. The second kappa shape index (κ2) is 4.61. The molecule has 0 spiro atoms. The van der Waals surface area contributed by atoms with Gasteiger partial charge in [0, 0.05) is 5.69 Å². The molecule has 0 fully saturated rings. The maximum atomic E-state index is 11.9. The first-order valence-corrected chi connectivity index (χ1v) is 5.11. The lowest BCUT2D eigenvalue weighted by atomic mass is 10.2. The van der Waals surface area contributed by atoms with Gasteiger partial charge in [0.2, 0.25) is 0 Å². The van der Waals surface area contributed by atoms with E-state index >= 15 is 0 Å². The van der Waals surface area contributed by atoms with Crippen LogP contribution in [-0.4, -0.2) is 15.9 Å². The Morgan fingerprint density at radius 3 is 2.65 bits per heavy atom. The van der Waals surface area contributed by atoms with Crippen LogP contribution in [0.3, 0.4) is 0 Å². The second-order valence-electron chi connectivity index (χ2n) is 3.58. The quantitative estimate of drug-likeness (QED) is 0.765. The molecule has 2 rings (SSSR count). The molecular formula is C12H12N4O. The first-order valence-electron chi connectivity index (χ1n) is 5.11. The zero-order chi connectivity index (χ0) is 12.3. The Balaban J connectivity index is 2.17. The number of hydrogen-bond acceptors (Lipinski definition) is 4. The molecule has 1 aromatic heterocycles. The van der Waals surface area contributed by atoms with Crippen molar-refractivity contribution in [1.82, 2.24) is 9.97 Å². The third-order valence-electron chi connectivity index (χ3n) is 2.23. The Hall–Kier alpha value is -2.43. The van der Waals surface area contributed by atoms with Crippen LogP contribution in [0.25, 0.3) is 0 Å². The predicted octanol–water partition coefficient (Wildman–Crippen LogP) is 1.62. The summed E-state index contributed by atoms with van der Waals surface area (Å²) in [4.78, 5) is 19.9. The largest absolute Gasteiger partial charge is 0.398 e. The van der Waals surface area contributed by atoms with Crippen molar-refractivity contribution in [2.45, 2.75) is 6.92 Å². The number of anilines is 2. The molecule has 1 aromatic carbocycles. The minimum Gasteiger partial charge on any atom is -0.398 e. The summed E-state index contributed by atoms with van der Waals surface area (Å²) < 4.78 is 0. The van der Waals surface area contributed by atoms with E-state index in [0.717, 1.165) is 5.69 Å². The van der Waals surface area contributed by atoms with Crippen molar-refractivity contribution in [3.8, 4) is 0 Å². The fraction of sp³-hybridized carbons (Fsp3) is 0.0833. The molecule has 0 aliphatic heterocycles. The molecule has 0 saturated heterocycles. The van der Waals surface area contributed by atoms with Gasteiger partial charge in [0.15, 0.2) is 5.82 Å². The van der Waals surface area contributed by atoms with E-state index < -0.39 is 0 Å². The number of hydrogen-bond donors (Lipinski definition) is 2. The van der Waals surface area contributed by atoms with Gasteiger partial charge >= 0.3 is 0 Å². The van der Waals surface area contributed by atoms with Crippen LogP contribution < -0.4 is 11.1 Å². The first-order chi connectivity index (χ1) is 8.16. The molecule has 2 aromatic rings. The summed E-state index contributed by atoms with van der Waals surface area (Å²) in [5, 5.41) is 2.63. The van der Waals surface area contributed by atoms with E-state index in [1.54, 1.807) is 30.5 Å². The SMILES string of the molecule is Cc1cnc(NC(=O)c2ccccc2N)cn1. The standard InChI is InChI=1S/C12H12N4O/c1-8-6-15-11(7-14-8)16-12(17)9-4-2-3-5-10(9)13/h2-7H,13H2,1H3,(H,15,16,17). The highest BCUT2D eigenvalue weighted by Crippen LogP contribution is 2.12. The molecule has 3 N–H and O–H groups in total. The Morgan fingerprint density at radius 1 is 1.24 bits per heavy atom. The average Bonchev–Trinajstić information content (AvgIpc) is 2.32. The van der Waals surface area contributed by atoms with Crippen molar-refractivity contribution in [2.75, 3.05) is 11.1 Å². The van der Waals surface area contributed by atoms with Crippen LogP contribution in [0.15, 0.2) is 36.7 Å². The lowest BCUT2D eigenvalue weighted by molar-refractivity contribution is 0.102. The highest BCUT2D eigenvalue weighted by molar-refractivity contribution is 6.07. The summed E-state index contributed by atoms with van der Waals surface area (Å²) in [6, 6.07) is 6.87. The number of benzene rings is 1. The van der Waals surface area contributed by atoms with Crippen molar-refractivity contribution < 1.29 is 4.79 Å². The van der Waals surface area contributed by atoms with E-state index in [1.165, 1.54) is 6.20 Å². The molecule has 0 aliphatic rings. The number of carbonyl (C=O) groups excluding carboxylic acids is 1. The Kier molecular flexibility index (Phi) is 3.00. The van der Waals surface area contributed by atoms with Gasteiger partial charge in [-0.1, -0.05) is 12.1 Å².